The van der Waals surface area contributed by atoms with Crippen molar-refractivity contribution < 1.29 is 19.1 Å². The number of carbonyl (C=O) groups is 3. The third-order valence-corrected chi connectivity index (χ3v) is 6.32. The van der Waals surface area contributed by atoms with Gasteiger partial charge < -0.3 is 10.1 Å². The second-order valence-electron chi connectivity index (χ2n) is 7.94. The number of fused-ring (bicyclic) bond motifs is 1. The van der Waals surface area contributed by atoms with Crippen LogP contribution >= 0.6 is 11.3 Å². The lowest BCUT2D eigenvalue weighted by Crippen LogP contribution is -2.47. The molecule has 2 amide bonds. The van der Waals surface area contributed by atoms with Gasteiger partial charge in [-0.2, -0.15) is 0 Å². The summed E-state index contributed by atoms with van der Waals surface area (Å²) in [5, 5.41) is 3.64. The van der Waals surface area contributed by atoms with Gasteiger partial charge in [0.1, 0.15) is 5.75 Å². The number of benzene rings is 2. The van der Waals surface area contributed by atoms with Crippen LogP contribution < -0.4 is 15.0 Å². The van der Waals surface area contributed by atoms with Gasteiger partial charge in [-0.3, -0.25) is 19.3 Å². The van der Waals surface area contributed by atoms with E-state index in [1.807, 2.05) is 39.0 Å². The van der Waals surface area contributed by atoms with Crippen LogP contribution in [0.15, 0.2) is 42.5 Å². The maximum absolute atomic E-state index is 13.2. The summed E-state index contributed by atoms with van der Waals surface area (Å²) in [5.41, 5.74) is 3.37. The summed E-state index contributed by atoms with van der Waals surface area (Å²) in [7, 11) is 0. The van der Waals surface area contributed by atoms with Crippen LogP contribution in [0, 0.1) is 13.8 Å². The number of ether oxygens (including phenoxy) is 1. The Balaban J connectivity index is 1.66. The van der Waals surface area contributed by atoms with Crippen LogP contribution in [0.5, 0.6) is 5.75 Å². The number of ketones is 1. The number of anilines is 2. The molecule has 0 aliphatic carbocycles. The third kappa shape index (κ3) is 4.66. The highest BCUT2D eigenvalue weighted by Crippen LogP contribution is 2.39. The molecule has 1 aliphatic heterocycles. The van der Waals surface area contributed by atoms with Crippen molar-refractivity contribution in [1.82, 2.24) is 4.98 Å². The van der Waals surface area contributed by atoms with Gasteiger partial charge in [0.25, 0.3) is 5.91 Å². The van der Waals surface area contributed by atoms with Crippen LogP contribution in [-0.2, 0) is 9.59 Å². The Kier molecular flexibility index (Phi) is 6.29. The van der Waals surface area contributed by atoms with Gasteiger partial charge in [-0.05, 0) is 62.7 Å². The first-order valence-corrected chi connectivity index (χ1v) is 11.6. The highest BCUT2D eigenvalue weighted by molar-refractivity contribution is 7.11. The summed E-state index contributed by atoms with van der Waals surface area (Å²) in [6.07, 6.45) is -0.137. The predicted molar refractivity (Wildman–Crippen MR) is 129 cm³/mol. The molecule has 33 heavy (non-hydrogen) atoms. The van der Waals surface area contributed by atoms with E-state index in [0.29, 0.717) is 29.1 Å². The van der Waals surface area contributed by atoms with Gasteiger partial charge >= 0.3 is 0 Å². The van der Waals surface area contributed by atoms with E-state index in [2.05, 4.69) is 10.3 Å². The molecule has 3 aromatic rings. The molecular weight excluding hydrogens is 438 g/mol. The standard InChI is InChI=1S/C25H25N3O4S/c1-5-22-25(31)28(13-21(30)17-6-9-19(10-7-17)26-15(3)29)20-12-18(8-11-23(20)32-22)24-14(2)33-16(4)27-24/h6-12,22H,5,13H2,1-4H3,(H,26,29). The van der Waals surface area contributed by atoms with Crippen LogP contribution in [0.4, 0.5) is 11.4 Å². The van der Waals surface area contributed by atoms with Crippen LogP contribution in [-0.4, -0.2) is 35.2 Å². The fourth-order valence-electron chi connectivity index (χ4n) is 3.87. The number of hydrogen-bond acceptors (Lipinski definition) is 6. The number of aromatic nitrogens is 1. The number of amides is 2. The molecule has 170 valence electrons. The highest BCUT2D eigenvalue weighted by Gasteiger charge is 2.35. The van der Waals surface area contributed by atoms with Gasteiger partial charge in [0.2, 0.25) is 5.91 Å². The first-order chi connectivity index (χ1) is 15.8. The monoisotopic (exact) mass is 463 g/mol. The topological polar surface area (TPSA) is 88.6 Å². The molecule has 8 heteroatoms. The lowest BCUT2D eigenvalue weighted by Gasteiger charge is -2.34. The van der Waals surface area contributed by atoms with Crippen molar-refractivity contribution in [2.45, 2.75) is 40.2 Å². The number of rotatable bonds is 6. The molecule has 1 atom stereocenters. The minimum atomic E-state index is -0.637. The molecule has 2 heterocycles. The largest absolute Gasteiger partial charge is 0.478 e. The molecule has 1 unspecified atom stereocenters. The van der Waals surface area contributed by atoms with Crippen molar-refractivity contribution in [2.75, 3.05) is 16.8 Å². The summed E-state index contributed by atoms with van der Waals surface area (Å²) in [4.78, 5) is 44.7. The lowest BCUT2D eigenvalue weighted by atomic mass is 10.0. The molecular formula is C25H25N3O4S. The quantitative estimate of drug-likeness (QED) is 0.532. The Labute approximate surface area is 196 Å². The second-order valence-corrected chi connectivity index (χ2v) is 9.35. The summed E-state index contributed by atoms with van der Waals surface area (Å²) >= 11 is 1.62. The number of hydrogen-bond donors (Lipinski definition) is 1. The summed E-state index contributed by atoms with van der Waals surface area (Å²) in [5.74, 6) is -0.0526. The fraction of sp³-hybridized carbons (Fsp3) is 0.280. The predicted octanol–water partition coefficient (Wildman–Crippen LogP) is 4.77. The molecule has 1 aliphatic rings. The summed E-state index contributed by atoms with van der Waals surface area (Å²) < 4.78 is 5.93. The fourth-order valence-corrected chi connectivity index (χ4v) is 4.71. The smallest absolute Gasteiger partial charge is 0.268 e. The van der Waals surface area contributed by atoms with Gasteiger partial charge in [-0.25, -0.2) is 4.98 Å². The zero-order valence-electron chi connectivity index (χ0n) is 19.0. The number of nitrogens with one attached hydrogen (secondary N) is 1. The van der Waals surface area contributed by atoms with Crippen LogP contribution in [0.25, 0.3) is 11.3 Å². The summed E-state index contributed by atoms with van der Waals surface area (Å²) in [6, 6.07) is 12.3. The normalized spacial score (nSPS) is 15.1. The Bertz CT molecular complexity index is 1230. The van der Waals surface area contributed by atoms with Gasteiger partial charge in [-0.1, -0.05) is 6.92 Å². The molecule has 2 aromatic carbocycles. The minimum absolute atomic E-state index is 0.107. The Morgan fingerprint density at radius 3 is 2.48 bits per heavy atom. The first kappa shape index (κ1) is 22.7. The van der Waals surface area contributed by atoms with Crippen molar-refractivity contribution >= 4 is 40.3 Å². The van der Waals surface area contributed by atoms with Crippen molar-refractivity contribution in [1.29, 1.82) is 0 Å². The molecule has 7 nitrogen and oxygen atoms in total. The Morgan fingerprint density at radius 1 is 1.15 bits per heavy atom. The molecule has 1 N–H and O–H groups in total. The second kappa shape index (κ2) is 9.15. The van der Waals surface area contributed by atoms with Gasteiger partial charge in [0, 0.05) is 28.6 Å². The number of nitrogens with zero attached hydrogens (tertiary/aromatic N) is 2. The average Bonchev–Trinajstić information content (AvgIpc) is 3.13. The van der Waals surface area contributed by atoms with Crippen LogP contribution in [0.3, 0.4) is 0 Å². The number of aryl methyl sites for hydroxylation is 2. The third-order valence-electron chi connectivity index (χ3n) is 5.44. The number of Topliss-reactive ketones (excluding diaryl/α,β-unsaturated/α-hetero) is 1. The molecule has 0 saturated carbocycles. The lowest BCUT2D eigenvalue weighted by molar-refractivity contribution is -0.126. The van der Waals surface area contributed by atoms with Gasteiger partial charge in [0.15, 0.2) is 11.9 Å². The van der Waals surface area contributed by atoms with E-state index in [4.69, 9.17) is 4.74 Å². The van der Waals surface area contributed by atoms with Crippen LogP contribution in [0.1, 0.15) is 40.5 Å². The Morgan fingerprint density at radius 2 is 1.88 bits per heavy atom. The maximum Gasteiger partial charge on any atom is 0.268 e. The molecule has 0 spiro atoms. The maximum atomic E-state index is 13.2. The molecule has 0 fully saturated rings. The van der Waals surface area contributed by atoms with E-state index in [9.17, 15) is 14.4 Å². The number of carbonyl (C=O) groups excluding carboxylic acids is 3. The van der Waals surface area contributed by atoms with E-state index in [1.165, 1.54) is 11.8 Å². The van der Waals surface area contributed by atoms with Gasteiger partial charge in [0.05, 0.1) is 22.9 Å². The SMILES string of the molecule is CCC1Oc2ccc(-c3nc(C)sc3C)cc2N(CC(=O)c2ccc(NC(C)=O)cc2)C1=O. The van der Waals surface area contributed by atoms with Crippen molar-refractivity contribution in [3.05, 3.63) is 57.9 Å². The summed E-state index contributed by atoms with van der Waals surface area (Å²) in [6.45, 7) is 7.17. The zero-order chi connectivity index (χ0) is 23.7. The number of thiazole rings is 1. The van der Waals surface area contributed by atoms with Gasteiger partial charge in [-0.15, -0.1) is 11.3 Å². The molecule has 0 bridgehead atoms. The van der Waals surface area contributed by atoms with E-state index < -0.39 is 6.10 Å². The van der Waals surface area contributed by atoms with Crippen molar-refractivity contribution in [3.8, 4) is 17.0 Å². The Hall–Kier alpha value is -3.52. The van der Waals surface area contributed by atoms with Crippen molar-refractivity contribution in [3.63, 3.8) is 0 Å². The van der Waals surface area contributed by atoms with E-state index in [-0.39, 0.29) is 24.1 Å². The minimum Gasteiger partial charge on any atom is -0.478 e. The van der Waals surface area contributed by atoms with E-state index in [0.717, 1.165) is 21.1 Å². The molecule has 0 saturated heterocycles. The van der Waals surface area contributed by atoms with Crippen molar-refractivity contribution in [2.24, 2.45) is 0 Å². The van der Waals surface area contributed by atoms with E-state index in [1.54, 1.807) is 35.6 Å². The molecule has 0 radical (unpaired) electrons. The zero-order valence-corrected chi connectivity index (χ0v) is 19.8. The molecule has 1 aromatic heterocycles. The first-order valence-electron chi connectivity index (χ1n) is 10.7. The highest BCUT2D eigenvalue weighted by atomic mass is 32.1. The van der Waals surface area contributed by atoms with E-state index >= 15 is 0 Å². The van der Waals surface area contributed by atoms with Crippen LogP contribution in [0.2, 0.25) is 0 Å². The average molecular weight is 464 g/mol. The molecule has 4 rings (SSSR count).